The number of hydrogen-bond acceptors (Lipinski definition) is 4. The summed E-state index contributed by atoms with van der Waals surface area (Å²) in [6.07, 6.45) is 14.1. The van der Waals surface area contributed by atoms with Crippen LogP contribution in [0.5, 0.6) is 0 Å². The molecule has 2 fully saturated rings. The minimum atomic E-state index is -1.03. The Bertz CT molecular complexity index is 964. The van der Waals surface area contributed by atoms with Crippen molar-refractivity contribution in [3.8, 4) is 0 Å². The molecule has 2 saturated carbocycles. The molecule has 1 aromatic heterocycles. The van der Waals surface area contributed by atoms with Gasteiger partial charge in [0.25, 0.3) is 0 Å². The molecule has 0 saturated heterocycles. The Morgan fingerprint density at radius 2 is 1.91 bits per heavy atom. The van der Waals surface area contributed by atoms with E-state index in [9.17, 15) is 9.90 Å². The van der Waals surface area contributed by atoms with E-state index < -0.39 is 5.60 Å². The quantitative estimate of drug-likeness (QED) is 0.487. The van der Waals surface area contributed by atoms with E-state index in [1.54, 1.807) is 6.20 Å². The maximum Gasteiger partial charge on any atom is 0.302 e. The Morgan fingerprint density at radius 1 is 1.12 bits per heavy atom. The summed E-state index contributed by atoms with van der Waals surface area (Å²) in [5.41, 5.74) is 2.64. The molecule has 1 unspecified atom stereocenters. The van der Waals surface area contributed by atoms with Crippen LogP contribution in [0.15, 0.2) is 47.7 Å². The molecule has 32 heavy (non-hydrogen) atoms. The SMILES string of the molecule is CC(=O)O[C@H]1CC[C@@]2(C)C(=CC[C@@H]3[C@@H]2CC[C@]2(C)C(C(C)(O)c4ccccn4)=CC[C@@H]32)C1. The number of aliphatic hydroxyl groups is 1. The summed E-state index contributed by atoms with van der Waals surface area (Å²) < 4.78 is 5.58. The molecule has 1 aromatic rings. The number of fused-ring (bicyclic) bond motifs is 5. The molecule has 0 spiro atoms. The van der Waals surface area contributed by atoms with E-state index in [0.717, 1.165) is 44.2 Å². The third kappa shape index (κ3) is 3.21. The predicted octanol–water partition coefficient (Wildman–Crippen LogP) is 5.72. The van der Waals surface area contributed by atoms with E-state index in [1.165, 1.54) is 24.5 Å². The smallest absolute Gasteiger partial charge is 0.302 e. The third-order valence-corrected chi connectivity index (χ3v) is 9.66. The summed E-state index contributed by atoms with van der Waals surface area (Å²) >= 11 is 0. The van der Waals surface area contributed by atoms with Crippen molar-refractivity contribution < 1.29 is 14.6 Å². The zero-order chi connectivity index (χ0) is 22.7. The molecule has 0 bridgehead atoms. The highest BCUT2D eigenvalue weighted by Gasteiger charge is 2.59. The molecular formula is C28H37NO3. The number of nitrogens with zero attached hydrogens (tertiary/aromatic N) is 1. The molecule has 4 nitrogen and oxygen atoms in total. The molecule has 4 aliphatic carbocycles. The van der Waals surface area contributed by atoms with Gasteiger partial charge >= 0.3 is 5.97 Å². The van der Waals surface area contributed by atoms with Crippen LogP contribution in [0.1, 0.15) is 78.3 Å². The molecule has 5 rings (SSSR count). The van der Waals surface area contributed by atoms with Gasteiger partial charge in [-0.05, 0) is 91.7 Å². The molecule has 0 aromatic carbocycles. The van der Waals surface area contributed by atoms with E-state index in [4.69, 9.17) is 4.74 Å². The first-order chi connectivity index (χ1) is 15.2. The molecule has 1 heterocycles. The maximum absolute atomic E-state index is 11.6. The second kappa shape index (κ2) is 7.55. The fourth-order valence-electron chi connectivity index (χ4n) is 8.07. The standard InChI is InChI=1S/C28H37NO3/c1-18(30)32-20-12-14-26(2)19(17-20)8-9-21-22-10-11-24(27(22,3)15-13-23(21)26)28(4,31)25-7-5-6-16-29-25/h5-8,11,16,20-23,31H,9-10,12-15,17H2,1-4H3/t20-,21-,22-,23-,26-,27-,28?/m0/s1. The molecule has 4 aliphatic rings. The first-order valence-electron chi connectivity index (χ1n) is 12.4. The lowest BCUT2D eigenvalue weighted by Gasteiger charge is -2.58. The number of carbonyl (C=O) groups is 1. The summed E-state index contributed by atoms with van der Waals surface area (Å²) in [5.74, 6) is 1.71. The Labute approximate surface area is 192 Å². The van der Waals surface area contributed by atoms with Crippen LogP contribution in [0.2, 0.25) is 0 Å². The Kier molecular flexibility index (Phi) is 5.16. The average molecular weight is 436 g/mol. The van der Waals surface area contributed by atoms with Gasteiger partial charge in [-0.3, -0.25) is 9.78 Å². The summed E-state index contributed by atoms with van der Waals surface area (Å²) in [6.45, 7) is 8.31. The molecule has 4 heteroatoms. The van der Waals surface area contributed by atoms with Crippen molar-refractivity contribution in [2.24, 2.45) is 28.6 Å². The van der Waals surface area contributed by atoms with Crippen molar-refractivity contribution in [2.45, 2.75) is 84.3 Å². The summed E-state index contributed by atoms with van der Waals surface area (Å²) in [4.78, 5) is 16.0. The van der Waals surface area contributed by atoms with Gasteiger partial charge in [0.1, 0.15) is 11.7 Å². The highest BCUT2D eigenvalue weighted by atomic mass is 16.5. The van der Waals surface area contributed by atoms with Crippen LogP contribution in [-0.4, -0.2) is 22.2 Å². The van der Waals surface area contributed by atoms with Gasteiger partial charge in [-0.25, -0.2) is 0 Å². The van der Waals surface area contributed by atoms with Crippen LogP contribution in [0.25, 0.3) is 0 Å². The number of esters is 1. The van der Waals surface area contributed by atoms with Crippen molar-refractivity contribution in [1.82, 2.24) is 4.98 Å². The van der Waals surface area contributed by atoms with Gasteiger partial charge in [0.05, 0.1) is 5.69 Å². The Balaban J connectivity index is 1.41. The van der Waals surface area contributed by atoms with Crippen LogP contribution in [0, 0.1) is 28.6 Å². The lowest BCUT2D eigenvalue weighted by Crippen LogP contribution is -2.51. The Morgan fingerprint density at radius 3 is 2.62 bits per heavy atom. The molecule has 1 N–H and O–H groups in total. The van der Waals surface area contributed by atoms with E-state index in [2.05, 4.69) is 31.0 Å². The third-order valence-electron chi connectivity index (χ3n) is 9.66. The van der Waals surface area contributed by atoms with Gasteiger partial charge in [0, 0.05) is 19.5 Å². The van der Waals surface area contributed by atoms with Gasteiger partial charge in [-0.2, -0.15) is 0 Å². The predicted molar refractivity (Wildman–Crippen MR) is 125 cm³/mol. The first-order valence-corrected chi connectivity index (χ1v) is 12.4. The summed E-state index contributed by atoms with van der Waals surface area (Å²) in [7, 11) is 0. The minimum absolute atomic E-state index is 0.0127. The second-order valence-electron chi connectivity index (χ2n) is 11.3. The molecule has 7 atom stereocenters. The number of allylic oxidation sites excluding steroid dienone is 2. The minimum Gasteiger partial charge on any atom is -0.462 e. The zero-order valence-corrected chi connectivity index (χ0v) is 19.9. The molecule has 0 radical (unpaired) electrons. The molecule has 0 amide bonds. The van der Waals surface area contributed by atoms with Gasteiger partial charge in [0.15, 0.2) is 0 Å². The van der Waals surface area contributed by atoms with Crippen molar-refractivity contribution >= 4 is 5.97 Å². The number of ether oxygens (including phenoxy) is 1. The number of rotatable bonds is 3. The van der Waals surface area contributed by atoms with Gasteiger partial charge in [0.2, 0.25) is 0 Å². The number of pyridine rings is 1. The topological polar surface area (TPSA) is 59.4 Å². The maximum atomic E-state index is 11.6. The number of carbonyl (C=O) groups excluding carboxylic acids is 1. The highest BCUT2D eigenvalue weighted by Crippen LogP contribution is 2.66. The zero-order valence-electron chi connectivity index (χ0n) is 19.9. The highest BCUT2D eigenvalue weighted by molar-refractivity contribution is 5.66. The number of hydrogen-bond donors (Lipinski definition) is 1. The van der Waals surface area contributed by atoms with E-state index in [0.29, 0.717) is 17.8 Å². The Hall–Kier alpha value is -1.94. The lowest BCUT2D eigenvalue weighted by atomic mass is 9.47. The molecule has 0 aliphatic heterocycles. The van der Waals surface area contributed by atoms with Crippen LogP contribution in [-0.2, 0) is 15.1 Å². The van der Waals surface area contributed by atoms with E-state index in [-0.39, 0.29) is 22.9 Å². The molecular weight excluding hydrogens is 398 g/mol. The van der Waals surface area contributed by atoms with Crippen molar-refractivity contribution in [2.75, 3.05) is 0 Å². The van der Waals surface area contributed by atoms with Crippen LogP contribution >= 0.6 is 0 Å². The van der Waals surface area contributed by atoms with Crippen molar-refractivity contribution in [3.63, 3.8) is 0 Å². The normalized spacial score (nSPS) is 40.2. The van der Waals surface area contributed by atoms with Crippen LogP contribution < -0.4 is 0 Å². The fraction of sp³-hybridized carbons (Fsp3) is 0.643. The summed E-state index contributed by atoms with van der Waals surface area (Å²) in [6, 6.07) is 5.81. The largest absolute Gasteiger partial charge is 0.462 e. The van der Waals surface area contributed by atoms with Crippen molar-refractivity contribution in [3.05, 3.63) is 53.4 Å². The fourth-order valence-corrected chi connectivity index (χ4v) is 8.07. The lowest BCUT2D eigenvalue weighted by molar-refractivity contribution is -0.148. The van der Waals surface area contributed by atoms with Crippen LogP contribution in [0.4, 0.5) is 0 Å². The van der Waals surface area contributed by atoms with Gasteiger partial charge in [-0.15, -0.1) is 0 Å². The second-order valence-corrected chi connectivity index (χ2v) is 11.3. The first kappa shape index (κ1) is 21.9. The molecule has 172 valence electrons. The van der Waals surface area contributed by atoms with Crippen LogP contribution in [0.3, 0.4) is 0 Å². The van der Waals surface area contributed by atoms with E-state index >= 15 is 0 Å². The van der Waals surface area contributed by atoms with Gasteiger partial charge < -0.3 is 9.84 Å². The monoisotopic (exact) mass is 435 g/mol. The summed E-state index contributed by atoms with van der Waals surface area (Å²) in [5, 5.41) is 11.6. The number of aromatic nitrogens is 1. The van der Waals surface area contributed by atoms with Crippen molar-refractivity contribution in [1.29, 1.82) is 0 Å². The van der Waals surface area contributed by atoms with Gasteiger partial charge in [-0.1, -0.05) is 37.6 Å². The van der Waals surface area contributed by atoms with E-state index in [1.807, 2.05) is 25.1 Å². The average Bonchev–Trinajstić information content (AvgIpc) is 3.12.